The number of carbonyl (C=O) groups is 1. The van der Waals surface area contributed by atoms with Gasteiger partial charge in [0.25, 0.3) is 0 Å². The highest BCUT2D eigenvalue weighted by Crippen LogP contribution is 2.27. The molecule has 0 radical (unpaired) electrons. The molecule has 1 amide bonds. The van der Waals surface area contributed by atoms with Gasteiger partial charge in [-0.1, -0.05) is 18.2 Å². The second-order valence-corrected chi connectivity index (χ2v) is 9.27. The maximum absolute atomic E-state index is 13.2. The van der Waals surface area contributed by atoms with Gasteiger partial charge in [-0.2, -0.15) is 0 Å². The highest BCUT2D eigenvalue weighted by molar-refractivity contribution is 5.79. The number of rotatable bonds is 6. The van der Waals surface area contributed by atoms with Gasteiger partial charge in [0.15, 0.2) is 0 Å². The minimum atomic E-state index is 0.0664. The molecule has 6 heteroatoms. The van der Waals surface area contributed by atoms with Gasteiger partial charge < -0.3 is 9.80 Å². The summed E-state index contributed by atoms with van der Waals surface area (Å²) in [5.41, 5.74) is 6.33. The van der Waals surface area contributed by atoms with Crippen molar-refractivity contribution >= 4 is 11.9 Å². The Morgan fingerprint density at radius 2 is 1.84 bits per heavy atom. The van der Waals surface area contributed by atoms with Crippen LogP contribution >= 0.6 is 0 Å². The summed E-state index contributed by atoms with van der Waals surface area (Å²) in [5, 5.41) is 0. The van der Waals surface area contributed by atoms with Crippen LogP contribution in [0.4, 0.5) is 5.95 Å². The molecular formula is C26H37N5O. The molecule has 1 aliphatic carbocycles. The number of benzene rings is 1. The smallest absolute Gasteiger partial charge is 0.226 e. The first kappa shape index (κ1) is 22.7. The van der Waals surface area contributed by atoms with Gasteiger partial charge in [0, 0.05) is 63.6 Å². The van der Waals surface area contributed by atoms with Crippen LogP contribution in [0.15, 0.2) is 24.4 Å². The number of fused-ring (bicyclic) bond motifs is 1. The van der Waals surface area contributed by atoms with Gasteiger partial charge in [-0.25, -0.2) is 9.97 Å². The maximum atomic E-state index is 13.2. The van der Waals surface area contributed by atoms with Gasteiger partial charge in [-0.15, -0.1) is 0 Å². The Morgan fingerprint density at radius 3 is 2.53 bits per heavy atom. The van der Waals surface area contributed by atoms with E-state index < -0.39 is 0 Å². The standard InChI is InChI=1S/C26H37N5O/c1-5-30(6-2)26-27-17-23-16-22(9-10-24(23)28-26)25(32)31-13-11-29(12-14-31)18-21-8-7-19(3)20(4)15-21/h7-8,15,17,22H,5-6,9-14,16,18H2,1-4H3. The summed E-state index contributed by atoms with van der Waals surface area (Å²) in [6.07, 6.45) is 4.49. The van der Waals surface area contributed by atoms with Crippen LogP contribution < -0.4 is 4.90 Å². The van der Waals surface area contributed by atoms with Gasteiger partial charge in [0.2, 0.25) is 11.9 Å². The largest absolute Gasteiger partial charge is 0.341 e. The minimum absolute atomic E-state index is 0.0664. The molecule has 172 valence electrons. The number of anilines is 1. The van der Waals surface area contributed by atoms with Gasteiger partial charge in [0.1, 0.15) is 0 Å². The Bertz CT molecular complexity index is 947. The summed E-state index contributed by atoms with van der Waals surface area (Å²) in [5.74, 6) is 1.20. The number of amides is 1. The molecule has 1 aromatic carbocycles. The van der Waals surface area contributed by atoms with Crippen molar-refractivity contribution in [1.82, 2.24) is 19.8 Å². The fourth-order valence-electron chi connectivity index (χ4n) is 4.91. The first-order valence-corrected chi connectivity index (χ1v) is 12.2. The summed E-state index contributed by atoms with van der Waals surface area (Å²) in [7, 11) is 0. The maximum Gasteiger partial charge on any atom is 0.226 e. The summed E-state index contributed by atoms with van der Waals surface area (Å²) >= 11 is 0. The molecule has 1 fully saturated rings. The lowest BCUT2D eigenvalue weighted by Crippen LogP contribution is -2.50. The highest BCUT2D eigenvalue weighted by atomic mass is 16.2. The van der Waals surface area contributed by atoms with E-state index in [0.29, 0.717) is 5.91 Å². The molecule has 0 bridgehead atoms. The number of piperazine rings is 1. The first-order chi connectivity index (χ1) is 15.5. The molecule has 32 heavy (non-hydrogen) atoms. The molecule has 0 spiro atoms. The van der Waals surface area contributed by atoms with Crippen LogP contribution in [0.5, 0.6) is 0 Å². The zero-order valence-corrected chi connectivity index (χ0v) is 20.1. The molecule has 1 saturated heterocycles. The average Bonchev–Trinajstić information content (AvgIpc) is 2.82. The topological polar surface area (TPSA) is 52.6 Å². The van der Waals surface area contributed by atoms with E-state index in [2.05, 4.69) is 65.6 Å². The number of aromatic nitrogens is 2. The van der Waals surface area contributed by atoms with Crippen molar-refractivity contribution in [3.05, 3.63) is 52.3 Å². The lowest BCUT2D eigenvalue weighted by molar-refractivity contribution is -0.137. The second kappa shape index (κ2) is 9.99. The third-order valence-electron chi connectivity index (χ3n) is 7.19. The summed E-state index contributed by atoms with van der Waals surface area (Å²) < 4.78 is 0. The highest BCUT2D eigenvalue weighted by Gasteiger charge is 2.31. The predicted octanol–water partition coefficient (Wildman–Crippen LogP) is 3.39. The van der Waals surface area contributed by atoms with E-state index >= 15 is 0 Å². The molecular weight excluding hydrogens is 398 g/mol. The molecule has 1 aromatic heterocycles. The zero-order valence-electron chi connectivity index (χ0n) is 20.1. The summed E-state index contributed by atoms with van der Waals surface area (Å²) in [6, 6.07) is 6.73. The molecule has 4 rings (SSSR count). The van der Waals surface area contributed by atoms with Crippen molar-refractivity contribution in [2.24, 2.45) is 5.92 Å². The monoisotopic (exact) mass is 435 g/mol. The van der Waals surface area contributed by atoms with Crippen molar-refractivity contribution in [2.45, 2.75) is 53.5 Å². The minimum Gasteiger partial charge on any atom is -0.341 e. The normalized spacial score (nSPS) is 19.0. The van der Waals surface area contributed by atoms with E-state index in [-0.39, 0.29) is 5.92 Å². The first-order valence-electron chi connectivity index (χ1n) is 12.2. The molecule has 1 aliphatic heterocycles. The van der Waals surface area contributed by atoms with Crippen LogP contribution in [0.3, 0.4) is 0 Å². The van der Waals surface area contributed by atoms with E-state index in [0.717, 1.165) is 82.3 Å². The van der Waals surface area contributed by atoms with E-state index in [1.807, 2.05) is 6.20 Å². The molecule has 6 nitrogen and oxygen atoms in total. The number of nitrogens with zero attached hydrogens (tertiary/aromatic N) is 5. The van der Waals surface area contributed by atoms with Gasteiger partial charge in [-0.05, 0) is 69.2 Å². The SMILES string of the molecule is CCN(CC)c1ncc2c(n1)CCC(C(=O)N1CCN(Cc3ccc(C)c(C)c3)CC1)C2. The molecule has 1 unspecified atom stereocenters. The van der Waals surface area contributed by atoms with Crippen LogP contribution in [-0.4, -0.2) is 64.9 Å². The van der Waals surface area contributed by atoms with Crippen LogP contribution in [-0.2, 0) is 24.2 Å². The van der Waals surface area contributed by atoms with Crippen molar-refractivity contribution in [1.29, 1.82) is 0 Å². The predicted molar refractivity (Wildman–Crippen MR) is 129 cm³/mol. The average molecular weight is 436 g/mol. The summed E-state index contributed by atoms with van der Waals surface area (Å²) in [4.78, 5) is 29.3. The molecule has 2 heterocycles. The van der Waals surface area contributed by atoms with Crippen LogP contribution in [0.25, 0.3) is 0 Å². The second-order valence-electron chi connectivity index (χ2n) is 9.27. The molecule has 2 aliphatic rings. The zero-order chi connectivity index (χ0) is 22.7. The van der Waals surface area contributed by atoms with Crippen LogP contribution in [0.1, 0.15) is 48.2 Å². The third-order valence-corrected chi connectivity index (χ3v) is 7.19. The fourth-order valence-corrected chi connectivity index (χ4v) is 4.91. The van der Waals surface area contributed by atoms with E-state index in [4.69, 9.17) is 4.98 Å². The number of carbonyl (C=O) groups excluding carboxylic acids is 1. The lowest BCUT2D eigenvalue weighted by Gasteiger charge is -2.37. The summed E-state index contributed by atoms with van der Waals surface area (Å²) in [6.45, 7) is 14.9. The van der Waals surface area contributed by atoms with Crippen molar-refractivity contribution in [3.63, 3.8) is 0 Å². The fraction of sp³-hybridized carbons (Fsp3) is 0.577. The quantitative estimate of drug-likeness (QED) is 0.696. The molecule has 1 atom stereocenters. The van der Waals surface area contributed by atoms with Gasteiger partial charge in [-0.3, -0.25) is 9.69 Å². The molecule has 2 aromatic rings. The molecule has 0 N–H and O–H groups in total. The Balaban J connectivity index is 1.31. The number of aryl methyl sites for hydroxylation is 3. The lowest BCUT2D eigenvalue weighted by atomic mass is 9.86. The number of hydrogen-bond donors (Lipinski definition) is 0. The van der Waals surface area contributed by atoms with Crippen molar-refractivity contribution in [2.75, 3.05) is 44.2 Å². The molecule has 0 saturated carbocycles. The van der Waals surface area contributed by atoms with Crippen LogP contribution in [0, 0.1) is 19.8 Å². The van der Waals surface area contributed by atoms with Crippen molar-refractivity contribution in [3.8, 4) is 0 Å². The third kappa shape index (κ3) is 4.96. The van der Waals surface area contributed by atoms with Crippen molar-refractivity contribution < 1.29 is 4.79 Å². The van der Waals surface area contributed by atoms with Gasteiger partial charge >= 0.3 is 0 Å². The van der Waals surface area contributed by atoms with E-state index in [9.17, 15) is 4.79 Å². The Labute approximate surface area is 192 Å². The van der Waals surface area contributed by atoms with Gasteiger partial charge in [0.05, 0.1) is 0 Å². The van der Waals surface area contributed by atoms with E-state index in [1.54, 1.807) is 0 Å². The van der Waals surface area contributed by atoms with Crippen LogP contribution in [0.2, 0.25) is 0 Å². The van der Waals surface area contributed by atoms with E-state index in [1.165, 1.54) is 16.7 Å². The Kier molecular flexibility index (Phi) is 7.09. The Hall–Kier alpha value is -2.47. The Morgan fingerprint density at radius 1 is 1.09 bits per heavy atom. The number of hydrogen-bond acceptors (Lipinski definition) is 5.